The second kappa shape index (κ2) is 13.2. The lowest BCUT2D eigenvalue weighted by atomic mass is 10.1. The summed E-state index contributed by atoms with van der Waals surface area (Å²) in [6.07, 6.45) is 0. The minimum Gasteiger partial charge on any atom is -0.492 e. The van der Waals surface area contributed by atoms with Gasteiger partial charge in [0, 0.05) is 23.6 Å². The highest BCUT2D eigenvalue weighted by molar-refractivity contribution is 7.92. The van der Waals surface area contributed by atoms with Gasteiger partial charge in [-0.1, -0.05) is 59.1 Å². The summed E-state index contributed by atoms with van der Waals surface area (Å²) in [5.74, 6) is -0.731. The van der Waals surface area contributed by atoms with E-state index in [0.29, 0.717) is 21.4 Å². The normalized spacial score (nSPS) is 11.9. The average Bonchev–Trinajstić information content (AvgIpc) is 2.91. The van der Waals surface area contributed by atoms with E-state index in [1.807, 2.05) is 6.92 Å². The molecule has 0 fully saturated rings. The van der Waals surface area contributed by atoms with Crippen molar-refractivity contribution in [2.45, 2.75) is 38.3 Å². The van der Waals surface area contributed by atoms with Crippen LogP contribution in [0.15, 0.2) is 71.6 Å². The molecule has 0 saturated heterocycles. The number of amides is 2. The fraction of sp³-hybridized carbons (Fsp3) is 0.286. The van der Waals surface area contributed by atoms with Crippen LogP contribution in [0.3, 0.4) is 0 Å². The lowest BCUT2D eigenvalue weighted by Crippen LogP contribution is -2.50. The summed E-state index contributed by atoms with van der Waals surface area (Å²) < 4.78 is 34.6. The lowest BCUT2D eigenvalue weighted by molar-refractivity contribution is -0.139. The summed E-state index contributed by atoms with van der Waals surface area (Å²) in [6, 6.07) is 16.8. The Kier molecular flexibility index (Phi) is 10.2. The van der Waals surface area contributed by atoms with Crippen LogP contribution in [0, 0.1) is 6.92 Å². The van der Waals surface area contributed by atoms with Crippen molar-refractivity contribution in [3.8, 4) is 5.75 Å². The molecular formula is C28H31Cl2N3O5S. The predicted molar refractivity (Wildman–Crippen MR) is 154 cm³/mol. The highest BCUT2D eigenvalue weighted by atomic mass is 35.5. The van der Waals surface area contributed by atoms with Crippen molar-refractivity contribution in [3.63, 3.8) is 0 Å². The number of nitrogens with one attached hydrogen (secondary N) is 1. The Bertz CT molecular complexity index is 1430. The lowest BCUT2D eigenvalue weighted by Gasteiger charge is -2.32. The molecule has 0 heterocycles. The summed E-state index contributed by atoms with van der Waals surface area (Å²) in [4.78, 5) is 27.8. The fourth-order valence-electron chi connectivity index (χ4n) is 3.92. The number of anilines is 1. The average molecular weight is 593 g/mol. The molecule has 0 aliphatic carbocycles. The van der Waals surface area contributed by atoms with Gasteiger partial charge in [0.1, 0.15) is 18.3 Å². The third-order valence-electron chi connectivity index (χ3n) is 6.09. The van der Waals surface area contributed by atoms with Gasteiger partial charge in [-0.3, -0.25) is 13.9 Å². The summed E-state index contributed by atoms with van der Waals surface area (Å²) in [5.41, 5.74) is 1.63. The molecule has 8 nitrogen and oxygen atoms in total. The standard InChI is InChI=1S/C28H31Cl2N3O5S/c1-5-38-26-9-7-6-8-25(26)33(39(36,37)23-14-10-19(2)11-15-23)18-27(34)32(20(3)28(35)31-4)17-21-12-13-22(29)16-24(21)30/h6-16,20H,5,17-18H2,1-4H3,(H,31,35)/t20-/m1/s1. The van der Waals surface area contributed by atoms with Gasteiger partial charge in [-0.25, -0.2) is 8.42 Å². The number of para-hydroxylation sites is 2. The van der Waals surface area contributed by atoms with Crippen molar-refractivity contribution < 1.29 is 22.7 Å². The van der Waals surface area contributed by atoms with E-state index in [1.165, 1.54) is 30.1 Å². The highest BCUT2D eigenvalue weighted by Gasteiger charge is 2.33. The van der Waals surface area contributed by atoms with E-state index in [-0.39, 0.29) is 23.7 Å². The Morgan fingerprint density at radius 3 is 2.31 bits per heavy atom. The molecule has 0 unspecified atom stereocenters. The quantitative estimate of drug-likeness (QED) is 0.336. The van der Waals surface area contributed by atoms with Gasteiger partial charge in [-0.05, 0) is 62.7 Å². The fourth-order valence-corrected chi connectivity index (χ4v) is 5.81. The number of hydrogen-bond donors (Lipinski definition) is 1. The minimum absolute atomic E-state index is 0.0128. The molecule has 0 bridgehead atoms. The molecule has 39 heavy (non-hydrogen) atoms. The molecule has 1 N–H and O–H groups in total. The molecule has 0 aliphatic heterocycles. The van der Waals surface area contributed by atoms with Crippen LogP contribution in [0.2, 0.25) is 10.0 Å². The Morgan fingerprint density at radius 2 is 1.69 bits per heavy atom. The van der Waals surface area contributed by atoms with Gasteiger partial charge in [0.25, 0.3) is 10.0 Å². The van der Waals surface area contributed by atoms with Crippen LogP contribution >= 0.6 is 23.2 Å². The first-order chi connectivity index (χ1) is 18.5. The Hall–Kier alpha value is -3.27. The number of carbonyl (C=O) groups excluding carboxylic acids is 2. The second-order valence-corrected chi connectivity index (χ2v) is 11.5. The van der Waals surface area contributed by atoms with Gasteiger partial charge in [0.2, 0.25) is 11.8 Å². The van der Waals surface area contributed by atoms with Gasteiger partial charge in [-0.15, -0.1) is 0 Å². The van der Waals surface area contributed by atoms with E-state index in [2.05, 4.69) is 5.32 Å². The van der Waals surface area contributed by atoms with E-state index in [4.69, 9.17) is 27.9 Å². The van der Waals surface area contributed by atoms with Gasteiger partial charge >= 0.3 is 0 Å². The monoisotopic (exact) mass is 591 g/mol. The maximum atomic E-state index is 14.0. The number of sulfonamides is 1. The van der Waals surface area contributed by atoms with Crippen molar-refractivity contribution in [2.24, 2.45) is 0 Å². The van der Waals surface area contributed by atoms with Crippen LogP contribution in [0.4, 0.5) is 5.69 Å². The smallest absolute Gasteiger partial charge is 0.264 e. The first-order valence-corrected chi connectivity index (χ1v) is 14.4. The predicted octanol–water partition coefficient (Wildman–Crippen LogP) is 5.06. The van der Waals surface area contributed by atoms with Gasteiger partial charge in [-0.2, -0.15) is 0 Å². The number of ether oxygens (including phenoxy) is 1. The number of likely N-dealkylation sites (N-methyl/N-ethyl adjacent to an activating group) is 1. The molecule has 3 rings (SSSR count). The molecule has 3 aromatic carbocycles. The van der Waals surface area contributed by atoms with Crippen LogP contribution in [0.5, 0.6) is 5.75 Å². The Balaban J connectivity index is 2.10. The van der Waals surface area contributed by atoms with Crippen LogP contribution in [0.25, 0.3) is 0 Å². The zero-order valence-electron chi connectivity index (χ0n) is 22.1. The van der Waals surface area contributed by atoms with Crippen molar-refractivity contribution >= 4 is 50.7 Å². The van der Waals surface area contributed by atoms with E-state index < -0.39 is 34.4 Å². The van der Waals surface area contributed by atoms with Crippen LogP contribution in [0.1, 0.15) is 25.0 Å². The molecule has 0 spiro atoms. The topological polar surface area (TPSA) is 96.0 Å². The molecule has 3 aromatic rings. The second-order valence-electron chi connectivity index (χ2n) is 8.77. The molecule has 0 aliphatic rings. The van der Waals surface area contributed by atoms with Gasteiger partial charge < -0.3 is 15.0 Å². The van der Waals surface area contributed by atoms with Crippen molar-refractivity contribution in [3.05, 3.63) is 87.9 Å². The third-order valence-corrected chi connectivity index (χ3v) is 8.45. The molecule has 1 atom stereocenters. The first kappa shape index (κ1) is 30.3. The first-order valence-electron chi connectivity index (χ1n) is 12.3. The Morgan fingerprint density at radius 1 is 1.03 bits per heavy atom. The largest absolute Gasteiger partial charge is 0.492 e. The number of hydrogen-bond acceptors (Lipinski definition) is 5. The summed E-state index contributed by atoms with van der Waals surface area (Å²) in [6.45, 7) is 4.85. The maximum absolute atomic E-state index is 14.0. The van der Waals surface area contributed by atoms with E-state index in [1.54, 1.807) is 62.4 Å². The van der Waals surface area contributed by atoms with Crippen molar-refractivity contribution in [1.29, 1.82) is 0 Å². The third kappa shape index (κ3) is 7.23. The molecule has 11 heteroatoms. The number of nitrogens with zero attached hydrogens (tertiary/aromatic N) is 2. The van der Waals surface area contributed by atoms with Crippen LogP contribution in [-0.4, -0.2) is 51.4 Å². The number of aryl methyl sites for hydroxylation is 1. The molecule has 2 amide bonds. The van der Waals surface area contributed by atoms with Crippen LogP contribution < -0.4 is 14.4 Å². The number of carbonyl (C=O) groups is 2. The molecule has 0 aromatic heterocycles. The van der Waals surface area contributed by atoms with Crippen LogP contribution in [-0.2, 0) is 26.2 Å². The van der Waals surface area contributed by atoms with E-state index >= 15 is 0 Å². The molecule has 0 radical (unpaired) electrons. The SMILES string of the molecule is CCOc1ccccc1N(CC(=O)N(Cc1ccc(Cl)cc1Cl)[C@H](C)C(=O)NC)S(=O)(=O)c1ccc(C)cc1. The summed E-state index contributed by atoms with van der Waals surface area (Å²) >= 11 is 12.4. The van der Waals surface area contributed by atoms with E-state index in [9.17, 15) is 18.0 Å². The minimum atomic E-state index is -4.22. The summed E-state index contributed by atoms with van der Waals surface area (Å²) in [5, 5.41) is 3.28. The Labute approximate surface area is 239 Å². The number of halogens is 2. The van der Waals surface area contributed by atoms with Crippen molar-refractivity contribution in [1.82, 2.24) is 10.2 Å². The number of benzene rings is 3. The van der Waals surface area contributed by atoms with Crippen molar-refractivity contribution in [2.75, 3.05) is 24.5 Å². The van der Waals surface area contributed by atoms with E-state index in [0.717, 1.165) is 9.87 Å². The number of rotatable bonds is 11. The zero-order valence-corrected chi connectivity index (χ0v) is 24.5. The molecule has 208 valence electrons. The molecule has 0 saturated carbocycles. The van der Waals surface area contributed by atoms with Gasteiger partial charge in [0.15, 0.2) is 0 Å². The maximum Gasteiger partial charge on any atom is 0.264 e. The zero-order chi connectivity index (χ0) is 28.7. The highest BCUT2D eigenvalue weighted by Crippen LogP contribution is 2.33. The summed E-state index contributed by atoms with van der Waals surface area (Å²) in [7, 11) is -2.76. The van der Waals surface area contributed by atoms with Gasteiger partial charge in [0.05, 0.1) is 17.2 Å². The molecular weight excluding hydrogens is 561 g/mol.